The quantitative estimate of drug-likeness (QED) is 0.776. The fourth-order valence-electron chi connectivity index (χ4n) is 3.54. The number of hydrogen-bond acceptors (Lipinski definition) is 5. The average molecular weight is 398 g/mol. The number of hydrogen-bond donors (Lipinski definition) is 1. The maximum Gasteiger partial charge on any atom is 0.251 e. The Balaban J connectivity index is 1.64. The highest BCUT2D eigenvalue weighted by molar-refractivity contribution is 5.97. The smallest absolute Gasteiger partial charge is 0.251 e. The number of likely N-dealkylation sites (tertiary alicyclic amines) is 1. The molecule has 1 N–H and O–H groups in total. The van der Waals surface area contributed by atoms with Gasteiger partial charge in [0, 0.05) is 18.2 Å². The Labute approximate surface area is 170 Å². The van der Waals surface area contributed by atoms with Crippen LogP contribution >= 0.6 is 0 Å². The lowest BCUT2D eigenvalue weighted by Crippen LogP contribution is -2.39. The van der Waals surface area contributed by atoms with Crippen LogP contribution in [0.15, 0.2) is 42.5 Å². The van der Waals surface area contributed by atoms with Gasteiger partial charge in [0.15, 0.2) is 0 Å². The van der Waals surface area contributed by atoms with E-state index in [1.54, 1.807) is 25.3 Å². The second kappa shape index (κ2) is 9.32. The molecule has 1 fully saturated rings. The van der Waals surface area contributed by atoms with E-state index in [0.29, 0.717) is 23.6 Å². The van der Waals surface area contributed by atoms with Crippen LogP contribution in [-0.4, -0.2) is 51.1 Å². The SMILES string of the molecule is COc1ccc(C2CCCN2C(=O)CNC(=O)c2cc(OC)cc(OC)c2)cc1. The maximum absolute atomic E-state index is 12.8. The van der Waals surface area contributed by atoms with Crippen molar-refractivity contribution in [2.45, 2.75) is 18.9 Å². The van der Waals surface area contributed by atoms with Crippen LogP contribution in [-0.2, 0) is 4.79 Å². The van der Waals surface area contributed by atoms with Crippen LogP contribution in [0.25, 0.3) is 0 Å². The van der Waals surface area contributed by atoms with Crippen molar-refractivity contribution in [3.05, 3.63) is 53.6 Å². The first-order chi connectivity index (χ1) is 14.0. The molecule has 0 aromatic heterocycles. The van der Waals surface area contributed by atoms with Gasteiger partial charge in [-0.1, -0.05) is 12.1 Å². The number of nitrogens with zero attached hydrogens (tertiary/aromatic N) is 1. The van der Waals surface area contributed by atoms with Crippen LogP contribution in [0.2, 0.25) is 0 Å². The Bertz CT molecular complexity index is 844. The van der Waals surface area contributed by atoms with Gasteiger partial charge in [0.25, 0.3) is 5.91 Å². The Morgan fingerprint density at radius 1 is 0.966 bits per heavy atom. The van der Waals surface area contributed by atoms with E-state index in [0.717, 1.165) is 24.2 Å². The van der Waals surface area contributed by atoms with Gasteiger partial charge in [-0.3, -0.25) is 9.59 Å². The van der Waals surface area contributed by atoms with E-state index in [1.165, 1.54) is 14.2 Å². The topological polar surface area (TPSA) is 77.1 Å². The second-order valence-corrected chi connectivity index (χ2v) is 6.80. The van der Waals surface area contributed by atoms with Crippen LogP contribution < -0.4 is 19.5 Å². The third-order valence-corrected chi connectivity index (χ3v) is 5.09. The van der Waals surface area contributed by atoms with Crippen molar-refractivity contribution < 1.29 is 23.8 Å². The average Bonchev–Trinajstić information content (AvgIpc) is 3.26. The number of nitrogens with one attached hydrogen (secondary N) is 1. The summed E-state index contributed by atoms with van der Waals surface area (Å²) in [6.07, 6.45) is 1.84. The summed E-state index contributed by atoms with van der Waals surface area (Å²) in [7, 11) is 4.67. The molecule has 29 heavy (non-hydrogen) atoms. The van der Waals surface area contributed by atoms with Gasteiger partial charge in [-0.05, 0) is 42.7 Å². The van der Waals surface area contributed by atoms with Crippen molar-refractivity contribution in [2.24, 2.45) is 0 Å². The van der Waals surface area contributed by atoms with Crippen LogP contribution in [0.3, 0.4) is 0 Å². The van der Waals surface area contributed by atoms with Crippen molar-refractivity contribution in [3.8, 4) is 17.2 Å². The lowest BCUT2D eigenvalue weighted by atomic mass is 10.0. The Hall–Kier alpha value is -3.22. The van der Waals surface area contributed by atoms with E-state index in [2.05, 4.69) is 5.32 Å². The second-order valence-electron chi connectivity index (χ2n) is 6.80. The van der Waals surface area contributed by atoms with Gasteiger partial charge >= 0.3 is 0 Å². The number of carbonyl (C=O) groups excluding carboxylic acids is 2. The molecule has 3 rings (SSSR count). The van der Waals surface area contributed by atoms with E-state index in [1.807, 2.05) is 29.2 Å². The highest BCUT2D eigenvalue weighted by Crippen LogP contribution is 2.32. The predicted octanol–water partition coefficient (Wildman–Crippen LogP) is 2.81. The molecule has 0 radical (unpaired) electrons. The summed E-state index contributed by atoms with van der Waals surface area (Å²) in [5.41, 5.74) is 1.45. The Morgan fingerprint density at radius 3 is 2.17 bits per heavy atom. The standard InChI is InChI=1S/C22H26N2O5/c1-27-17-8-6-15(7-9-17)20-5-4-10-24(20)21(25)14-23-22(26)16-11-18(28-2)13-19(12-16)29-3/h6-9,11-13,20H,4-5,10,14H2,1-3H3,(H,23,26). The first kappa shape index (κ1) is 20.5. The van der Waals surface area contributed by atoms with Crippen LogP contribution in [0, 0.1) is 0 Å². The molecule has 1 unspecified atom stereocenters. The monoisotopic (exact) mass is 398 g/mol. The first-order valence-corrected chi connectivity index (χ1v) is 9.50. The van der Waals surface area contributed by atoms with Gasteiger partial charge in [-0.2, -0.15) is 0 Å². The number of ether oxygens (including phenoxy) is 3. The summed E-state index contributed by atoms with van der Waals surface area (Å²) in [6.45, 7) is 0.614. The third kappa shape index (κ3) is 4.80. The normalized spacial score (nSPS) is 15.7. The molecule has 154 valence electrons. The van der Waals surface area contributed by atoms with Crippen molar-refractivity contribution in [1.82, 2.24) is 10.2 Å². The molecule has 2 aromatic rings. The van der Waals surface area contributed by atoms with Gasteiger partial charge in [0.1, 0.15) is 17.2 Å². The Kier molecular flexibility index (Phi) is 6.59. The molecule has 0 bridgehead atoms. The van der Waals surface area contributed by atoms with E-state index >= 15 is 0 Å². The number of methoxy groups -OCH3 is 3. The summed E-state index contributed by atoms with van der Waals surface area (Å²) in [5.74, 6) is 1.35. The van der Waals surface area contributed by atoms with Gasteiger partial charge in [-0.25, -0.2) is 0 Å². The molecule has 0 saturated carbocycles. The van der Waals surface area contributed by atoms with Gasteiger partial charge in [0.2, 0.25) is 5.91 Å². The lowest BCUT2D eigenvalue weighted by Gasteiger charge is -2.25. The highest BCUT2D eigenvalue weighted by Gasteiger charge is 2.30. The minimum atomic E-state index is -0.351. The number of benzene rings is 2. The fraction of sp³-hybridized carbons (Fsp3) is 0.364. The number of rotatable bonds is 7. The van der Waals surface area contributed by atoms with E-state index in [4.69, 9.17) is 14.2 Å². The van der Waals surface area contributed by atoms with Gasteiger partial charge < -0.3 is 24.4 Å². The van der Waals surface area contributed by atoms with Gasteiger partial charge in [-0.15, -0.1) is 0 Å². The van der Waals surface area contributed by atoms with Crippen molar-refractivity contribution in [2.75, 3.05) is 34.4 Å². The van der Waals surface area contributed by atoms with Crippen molar-refractivity contribution >= 4 is 11.8 Å². The van der Waals surface area contributed by atoms with E-state index in [9.17, 15) is 9.59 Å². The van der Waals surface area contributed by atoms with Crippen LogP contribution in [0.4, 0.5) is 0 Å². The molecule has 2 amide bonds. The first-order valence-electron chi connectivity index (χ1n) is 9.50. The molecule has 0 aliphatic carbocycles. The van der Waals surface area contributed by atoms with E-state index < -0.39 is 0 Å². The largest absolute Gasteiger partial charge is 0.497 e. The van der Waals surface area contributed by atoms with E-state index in [-0.39, 0.29) is 24.4 Å². The minimum absolute atomic E-state index is 0.0159. The Morgan fingerprint density at radius 2 is 1.59 bits per heavy atom. The molecule has 1 aliphatic heterocycles. The van der Waals surface area contributed by atoms with Crippen molar-refractivity contribution in [3.63, 3.8) is 0 Å². The van der Waals surface area contributed by atoms with Crippen LogP contribution in [0.5, 0.6) is 17.2 Å². The molecule has 1 atom stereocenters. The summed E-state index contributed by atoms with van der Waals surface area (Å²) < 4.78 is 15.6. The zero-order valence-electron chi connectivity index (χ0n) is 16.9. The molecule has 1 heterocycles. The van der Waals surface area contributed by atoms with Crippen molar-refractivity contribution in [1.29, 1.82) is 0 Å². The molecular weight excluding hydrogens is 372 g/mol. The fourth-order valence-corrected chi connectivity index (χ4v) is 3.54. The molecule has 7 heteroatoms. The summed E-state index contributed by atoms with van der Waals surface area (Å²) >= 11 is 0. The lowest BCUT2D eigenvalue weighted by molar-refractivity contribution is -0.131. The zero-order valence-corrected chi connectivity index (χ0v) is 16.9. The summed E-state index contributed by atoms with van der Waals surface area (Å²) in [4.78, 5) is 27.1. The summed E-state index contributed by atoms with van der Waals surface area (Å²) in [5, 5.41) is 2.71. The predicted molar refractivity (Wildman–Crippen MR) is 109 cm³/mol. The third-order valence-electron chi connectivity index (χ3n) is 5.09. The maximum atomic E-state index is 12.8. The molecule has 2 aromatic carbocycles. The van der Waals surface area contributed by atoms with Crippen LogP contribution in [0.1, 0.15) is 34.8 Å². The highest BCUT2D eigenvalue weighted by atomic mass is 16.5. The minimum Gasteiger partial charge on any atom is -0.497 e. The molecule has 1 saturated heterocycles. The number of amides is 2. The molecule has 1 aliphatic rings. The molecule has 0 spiro atoms. The summed E-state index contributed by atoms with van der Waals surface area (Å²) in [6, 6.07) is 12.7. The molecule has 7 nitrogen and oxygen atoms in total. The zero-order chi connectivity index (χ0) is 20.8. The molecular formula is C22H26N2O5. The number of carbonyl (C=O) groups is 2. The van der Waals surface area contributed by atoms with Gasteiger partial charge in [0.05, 0.1) is 33.9 Å².